The van der Waals surface area contributed by atoms with Crippen LogP contribution in [0, 0.1) is 6.92 Å². The molecule has 1 aliphatic carbocycles. The van der Waals surface area contributed by atoms with Gasteiger partial charge in [0.05, 0.1) is 17.0 Å². The van der Waals surface area contributed by atoms with Crippen molar-refractivity contribution in [3.05, 3.63) is 23.0 Å². The second kappa shape index (κ2) is 3.95. The number of hydrogen-bond donors (Lipinski definition) is 0. The summed E-state index contributed by atoms with van der Waals surface area (Å²) in [6.45, 7) is 3.98. The summed E-state index contributed by atoms with van der Waals surface area (Å²) in [5, 5.41) is 0. The van der Waals surface area contributed by atoms with Crippen molar-refractivity contribution >= 4 is 15.6 Å². The number of rotatable bonds is 1. The minimum atomic E-state index is -2.94. The molecule has 0 spiro atoms. The lowest BCUT2D eigenvalue weighted by Crippen LogP contribution is -2.34. The molecular formula is C14H19NO3S. The second-order valence-electron chi connectivity index (χ2n) is 6.10. The average Bonchev–Trinajstić information content (AvgIpc) is 2.77. The molecule has 1 saturated heterocycles. The minimum Gasteiger partial charge on any atom is -0.341 e. The number of carbonyl (C=O) groups is 1. The van der Waals surface area contributed by atoms with Gasteiger partial charge in [0, 0.05) is 23.4 Å². The maximum atomic E-state index is 12.0. The van der Waals surface area contributed by atoms with Crippen LogP contribution >= 0.6 is 0 Å². The second-order valence-corrected chi connectivity index (χ2v) is 8.28. The number of Topliss-reactive ketones (excluding diaryl/α,β-unsaturated/α-hetero) is 1. The Hall–Kier alpha value is -1.10. The Balaban J connectivity index is 2.14. The van der Waals surface area contributed by atoms with Gasteiger partial charge in [-0.2, -0.15) is 0 Å². The number of fused-ring (bicyclic) bond motifs is 1. The van der Waals surface area contributed by atoms with Gasteiger partial charge in [-0.05, 0) is 39.2 Å². The molecule has 3 rings (SSSR count). The summed E-state index contributed by atoms with van der Waals surface area (Å²) in [5.74, 6) is 0.646. The van der Waals surface area contributed by atoms with Crippen LogP contribution in [0.1, 0.15) is 47.9 Å². The Morgan fingerprint density at radius 2 is 2.05 bits per heavy atom. The summed E-state index contributed by atoms with van der Waals surface area (Å²) >= 11 is 0. The van der Waals surface area contributed by atoms with Crippen molar-refractivity contribution in [3.8, 4) is 0 Å². The highest BCUT2D eigenvalue weighted by Gasteiger charge is 2.42. The van der Waals surface area contributed by atoms with E-state index in [1.807, 2.05) is 19.9 Å². The first-order chi connectivity index (χ1) is 8.82. The van der Waals surface area contributed by atoms with E-state index in [0.717, 1.165) is 29.8 Å². The van der Waals surface area contributed by atoms with Gasteiger partial charge < -0.3 is 4.57 Å². The van der Waals surface area contributed by atoms with Gasteiger partial charge in [0.25, 0.3) is 0 Å². The third kappa shape index (κ3) is 1.95. The summed E-state index contributed by atoms with van der Waals surface area (Å²) < 4.78 is 25.7. The quantitative estimate of drug-likeness (QED) is 0.789. The van der Waals surface area contributed by atoms with Crippen LogP contribution in [0.4, 0.5) is 0 Å². The Bertz CT molecular complexity index is 656. The van der Waals surface area contributed by atoms with Crippen molar-refractivity contribution < 1.29 is 13.2 Å². The zero-order valence-electron chi connectivity index (χ0n) is 11.4. The molecule has 5 heteroatoms. The first-order valence-corrected chi connectivity index (χ1v) is 8.60. The van der Waals surface area contributed by atoms with Gasteiger partial charge in [-0.25, -0.2) is 8.42 Å². The minimum absolute atomic E-state index is 0.191. The molecule has 0 aromatic carbocycles. The molecule has 1 aliphatic heterocycles. The van der Waals surface area contributed by atoms with Crippen LogP contribution in [-0.2, 0) is 21.8 Å². The predicted octanol–water partition coefficient (Wildman–Crippen LogP) is 1.85. The lowest BCUT2D eigenvalue weighted by atomic mass is 9.94. The Morgan fingerprint density at radius 1 is 1.32 bits per heavy atom. The molecule has 4 nitrogen and oxygen atoms in total. The van der Waals surface area contributed by atoms with Crippen molar-refractivity contribution in [3.63, 3.8) is 0 Å². The van der Waals surface area contributed by atoms with E-state index in [-0.39, 0.29) is 22.8 Å². The number of aryl methyl sites for hydroxylation is 1. The van der Waals surface area contributed by atoms with Crippen LogP contribution in [0.2, 0.25) is 0 Å². The average molecular weight is 281 g/mol. The maximum absolute atomic E-state index is 12.0. The molecule has 0 saturated carbocycles. The van der Waals surface area contributed by atoms with E-state index < -0.39 is 9.84 Å². The number of carbonyl (C=O) groups excluding carboxylic acids is 1. The highest BCUT2D eigenvalue weighted by atomic mass is 32.2. The summed E-state index contributed by atoms with van der Waals surface area (Å²) in [4.78, 5) is 12.0. The summed E-state index contributed by atoms with van der Waals surface area (Å²) in [5.41, 5.74) is 2.50. The third-order valence-corrected chi connectivity index (χ3v) is 6.31. The molecule has 0 amide bonds. The SMILES string of the molecule is Cc1cc2c(n1C1(C)CCS(=O)(=O)C1)CCCC2=O. The summed E-state index contributed by atoms with van der Waals surface area (Å²) in [6, 6.07) is 1.94. The molecule has 1 fully saturated rings. The molecule has 104 valence electrons. The van der Waals surface area contributed by atoms with Gasteiger partial charge in [-0.3, -0.25) is 4.79 Å². The molecule has 1 atom stereocenters. The number of ketones is 1. The van der Waals surface area contributed by atoms with Gasteiger partial charge in [0.1, 0.15) is 0 Å². The Morgan fingerprint density at radius 3 is 2.68 bits per heavy atom. The van der Waals surface area contributed by atoms with Crippen LogP contribution in [-0.4, -0.2) is 30.3 Å². The van der Waals surface area contributed by atoms with Gasteiger partial charge in [0.2, 0.25) is 0 Å². The molecule has 1 aromatic rings. The molecule has 1 unspecified atom stereocenters. The van der Waals surface area contributed by atoms with Crippen molar-refractivity contribution in [2.24, 2.45) is 0 Å². The molecule has 0 bridgehead atoms. The van der Waals surface area contributed by atoms with E-state index in [4.69, 9.17) is 0 Å². The first-order valence-electron chi connectivity index (χ1n) is 6.78. The lowest BCUT2D eigenvalue weighted by molar-refractivity contribution is 0.0971. The van der Waals surface area contributed by atoms with Crippen molar-refractivity contribution in [2.45, 2.75) is 45.1 Å². The molecule has 0 radical (unpaired) electrons. The molecule has 2 heterocycles. The largest absolute Gasteiger partial charge is 0.341 e. The fraction of sp³-hybridized carbons (Fsp3) is 0.643. The van der Waals surface area contributed by atoms with Crippen LogP contribution < -0.4 is 0 Å². The zero-order chi connectivity index (χ0) is 13.8. The van der Waals surface area contributed by atoms with Crippen LogP contribution in [0.25, 0.3) is 0 Å². The topological polar surface area (TPSA) is 56.1 Å². The molecule has 2 aliphatic rings. The van der Waals surface area contributed by atoms with Crippen LogP contribution in [0.5, 0.6) is 0 Å². The summed E-state index contributed by atoms with van der Waals surface area (Å²) in [6.07, 6.45) is 3.01. The first kappa shape index (κ1) is 12.9. The van der Waals surface area contributed by atoms with E-state index >= 15 is 0 Å². The van der Waals surface area contributed by atoms with Crippen molar-refractivity contribution in [1.82, 2.24) is 4.57 Å². The normalized spacial score (nSPS) is 29.5. The molecule has 19 heavy (non-hydrogen) atoms. The van der Waals surface area contributed by atoms with Crippen molar-refractivity contribution in [2.75, 3.05) is 11.5 Å². The molecular weight excluding hydrogens is 262 g/mol. The van der Waals surface area contributed by atoms with Crippen LogP contribution in [0.3, 0.4) is 0 Å². The summed E-state index contributed by atoms with van der Waals surface area (Å²) in [7, 11) is -2.94. The number of hydrogen-bond acceptors (Lipinski definition) is 3. The van der Waals surface area contributed by atoms with E-state index in [0.29, 0.717) is 12.8 Å². The van der Waals surface area contributed by atoms with Crippen LogP contribution in [0.15, 0.2) is 6.07 Å². The van der Waals surface area contributed by atoms with Gasteiger partial charge in [0.15, 0.2) is 15.6 Å². The number of aromatic nitrogens is 1. The Kier molecular flexibility index (Phi) is 2.68. The number of sulfone groups is 1. The molecule has 0 N–H and O–H groups in total. The lowest BCUT2D eigenvalue weighted by Gasteiger charge is -2.30. The van der Waals surface area contributed by atoms with Gasteiger partial charge in [-0.1, -0.05) is 0 Å². The third-order valence-electron chi connectivity index (χ3n) is 4.43. The van der Waals surface area contributed by atoms with Gasteiger partial charge in [-0.15, -0.1) is 0 Å². The Labute approximate surface area is 113 Å². The zero-order valence-corrected chi connectivity index (χ0v) is 12.2. The number of nitrogens with zero attached hydrogens (tertiary/aromatic N) is 1. The van der Waals surface area contributed by atoms with E-state index in [9.17, 15) is 13.2 Å². The maximum Gasteiger partial charge on any atom is 0.164 e. The van der Waals surface area contributed by atoms with E-state index in [2.05, 4.69) is 4.57 Å². The predicted molar refractivity (Wildman–Crippen MR) is 73.4 cm³/mol. The van der Waals surface area contributed by atoms with E-state index in [1.165, 1.54) is 0 Å². The smallest absolute Gasteiger partial charge is 0.164 e. The molecule has 1 aromatic heterocycles. The fourth-order valence-electron chi connectivity index (χ4n) is 3.65. The highest BCUT2D eigenvalue weighted by molar-refractivity contribution is 7.91. The van der Waals surface area contributed by atoms with Crippen molar-refractivity contribution in [1.29, 1.82) is 0 Å². The highest BCUT2D eigenvalue weighted by Crippen LogP contribution is 2.37. The standard InChI is InChI=1S/C14H19NO3S/c1-10-8-11-12(4-3-5-13(11)16)15(10)14(2)6-7-19(17,18)9-14/h8H,3-7,9H2,1-2H3. The fourth-order valence-corrected chi connectivity index (χ4v) is 5.77. The van der Waals surface area contributed by atoms with Gasteiger partial charge >= 0.3 is 0 Å². The monoisotopic (exact) mass is 281 g/mol. The van der Waals surface area contributed by atoms with E-state index in [1.54, 1.807) is 0 Å².